The average Bonchev–Trinajstić information content (AvgIpc) is 3.72. The lowest BCUT2D eigenvalue weighted by molar-refractivity contribution is 0.0642. The van der Waals surface area contributed by atoms with Gasteiger partial charge < -0.3 is 25.1 Å². The first-order chi connectivity index (χ1) is 28.9. The first-order valence-corrected chi connectivity index (χ1v) is 22.6. The van der Waals surface area contributed by atoms with E-state index in [1.165, 1.54) is 34.9 Å². The fourth-order valence-corrected chi connectivity index (χ4v) is 9.63. The molecule has 13 heteroatoms. The van der Waals surface area contributed by atoms with Crippen molar-refractivity contribution in [1.29, 1.82) is 0 Å². The Hall–Kier alpha value is -4.98. The normalized spacial score (nSPS) is 18.9. The van der Waals surface area contributed by atoms with Crippen LogP contribution in [0.15, 0.2) is 108 Å². The number of sulfonamides is 1. The van der Waals surface area contributed by atoms with E-state index in [1.807, 2.05) is 48.7 Å². The van der Waals surface area contributed by atoms with Crippen LogP contribution in [0.5, 0.6) is 11.5 Å². The van der Waals surface area contributed by atoms with Crippen LogP contribution in [-0.2, 0) is 14.8 Å². The third-order valence-corrected chi connectivity index (χ3v) is 13.6. The molecule has 0 spiro atoms. The van der Waals surface area contributed by atoms with Crippen LogP contribution >= 0.6 is 11.6 Å². The number of aromatic nitrogens is 1. The lowest BCUT2D eigenvalue weighted by Gasteiger charge is -2.38. The van der Waals surface area contributed by atoms with Gasteiger partial charge in [0.05, 0.1) is 10.5 Å². The van der Waals surface area contributed by atoms with Gasteiger partial charge in [0.2, 0.25) is 0 Å². The Morgan fingerprint density at radius 3 is 2.60 bits per heavy atom. The summed E-state index contributed by atoms with van der Waals surface area (Å²) in [7, 11) is -4.38. The number of fused-ring (bicyclic) bond motifs is 1. The fraction of sp³-hybridized carbons (Fsp3) is 0.362. The number of aromatic amines is 1. The number of benzene rings is 4. The van der Waals surface area contributed by atoms with Gasteiger partial charge in [-0.15, -0.1) is 0 Å². The van der Waals surface area contributed by atoms with Gasteiger partial charge in [0.25, 0.3) is 21.8 Å². The first kappa shape index (κ1) is 41.7. The number of rotatable bonds is 12. The van der Waals surface area contributed by atoms with Gasteiger partial charge in [0.15, 0.2) is 0 Å². The average molecular weight is 850 g/mol. The van der Waals surface area contributed by atoms with Crippen molar-refractivity contribution in [3.8, 4) is 11.5 Å². The summed E-state index contributed by atoms with van der Waals surface area (Å²) in [6, 6.07) is 26.6. The molecule has 60 heavy (non-hydrogen) atoms. The minimum atomic E-state index is -4.38. The Bertz CT molecular complexity index is 2510. The molecule has 2 amide bonds. The van der Waals surface area contributed by atoms with Crippen molar-refractivity contribution < 1.29 is 27.5 Å². The second-order valence-corrected chi connectivity index (χ2v) is 19.1. The van der Waals surface area contributed by atoms with Gasteiger partial charge in [-0.2, -0.15) is 0 Å². The van der Waals surface area contributed by atoms with Crippen molar-refractivity contribution in [3.05, 3.63) is 130 Å². The number of carbonyl (C=O) groups is 2. The summed E-state index contributed by atoms with van der Waals surface area (Å²) < 4.78 is 41.5. The van der Waals surface area contributed by atoms with E-state index >= 15 is 0 Å². The molecule has 1 aliphatic carbocycles. The van der Waals surface area contributed by atoms with Crippen molar-refractivity contribution in [2.75, 3.05) is 45.9 Å². The highest BCUT2D eigenvalue weighted by Gasteiger charge is 2.31. The van der Waals surface area contributed by atoms with Crippen molar-refractivity contribution >= 4 is 49.9 Å². The van der Waals surface area contributed by atoms with Crippen LogP contribution < -0.4 is 20.1 Å². The molecule has 4 N–H and O–H groups in total. The molecule has 2 saturated heterocycles. The summed E-state index contributed by atoms with van der Waals surface area (Å²) in [5.74, 6) is -0.218. The number of ether oxygens (including phenoxy) is 2. The smallest absolute Gasteiger partial charge is 0.268 e. The Morgan fingerprint density at radius 1 is 0.967 bits per heavy atom. The van der Waals surface area contributed by atoms with Crippen LogP contribution in [0.2, 0.25) is 5.02 Å². The van der Waals surface area contributed by atoms with Gasteiger partial charge in [-0.1, -0.05) is 55.3 Å². The maximum atomic E-state index is 14.0. The second kappa shape index (κ2) is 17.9. The van der Waals surface area contributed by atoms with Gasteiger partial charge >= 0.3 is 0 Å². The molecule has 8 rings (SSSR count). The van der Waals surface area contributed by atoms with E-state index in [9.17, 15) is 18.0 Å². The van der Waals surface area contributed by atoms with Crippen molar-refractivity contribution in [3.63, 3.8) is 0 Å². The molecule has 3 heterocycles. The molecule has 3 aliphatic rings. The molecule has 0 saturated carbocycles. The van der Waals surface area contributed by atoms with Gasteiger partial charge in [0, 0.05) is 79.7 Å². The lowest BCUT2D eigenvalue weighted by atomic mass is 9.72. The number of H-pyrrole nitrogens is 1. The summed E-state index contributed by atoms with van der Waals surface area (Å²) in [6.45, 7) is 9.70. The molecule has 0 bridgehead atoms. The number of piperazine rings is 1. The Balaban J connectivity index is 1.03. The largest absolute Gasteiger partial charge is 0.457 e. The van der Waals surface area contributed by atoms with Crippen LogP contribution in [0.25, 0.3) is 16.5 Å². The van der Waals surface area contributed by atoms with E-state index in [4.69, 9.17) is 21.1 Å². The van der Waals surface area contributed by atoms with Crippen LogP contribution in [0.3, 0.4) is 0 Å². The number of carbonyl (C=O) groups excluding carboxylic acids is 2. The maximum absolute atomic E-state index is 14.0. The third kappa shape index (κ3) is 9.96. The fourth-order valence-electron chi connectivity index (χ4n) is 8.49. The zero-order chi connectivity index (χ0) is 41.9. The van der Waals surface area contributed by atoms with E-state index in [0.29, 0.717) is 31.4 Å². The maximum Gasteiger partial charge on any atom is 0.268 e. The predicted octanol–water partition coefficient (Wildman–Crippen LogP) is 8.50. The molecule has 1 unspecified atom stereocenters. The minimum Gasteiger partial charge on any atom is -0.457 e. The number of halogens is 1. The molecule has 314 valence electrons. The van der Waals surface area contributed by atoms with Crippen LogP contribution in [0, 0.1) is 11.3 Å². The first-order valence-electron chi connectivity index (χ1n) is 20.7. The van der Waals surface area contributed by atoms with Gasteiger partial charge in [-0.25, -0.2) is 13.1 Å². The van der Waals surface area contributed by atoms with E-state index in [1.54, 1.807) is 18.2 Å². The number of allylic oxidation sites excluding steroid dienone is 1. The molecule has 4 aromatic carbocycles. The van der Waals surface area contributed by atoms with Crippen LogP contribution in [-0.4, -0.2) is 76.1 Å². The molecule has 2 fully saturated rings. The van der Waals surface area contributed by atoms with Gasteiger partial charge in [-0.05, 0) is 127 Å². The lowest BCUT2D eigenvalue weighted by Crippen LogP contribution is -2.46. The Kier molecular flexibility index (Phi) is 12.5. The Labute approximate surface area is 356 Å². The molecule has 1 atom stereocenters. The highest BCUT2D eigenvalue weighted by Crippen LogP contribution is 2.43. The van der Waals surface area contributed by atoms with Gasteiger partial charge in [0.1, 0.15) is 11.5 Å². The van der Waals surface area contributed by atoms with E-state index in [-0.39, 0.29) is 39.1 Å². The summed E-state index contributed by atoms with van der Waals surface area (Å²) in [5.41, 5.74) is 6.38. The van der Waals surface area contributed by atoms with Gasteiger partial charge in [-0.3, -0.25) is 14.5 Å². The van der Waals surface area contributed by atoms with Crippen molar-refractivity contribution in [1.82, 2.24) is 25.2 Å². The molecular formula is C47H52ClN5O6S. The molecule has 2 aliphatic heterocycles. The molecule has 5 aromatic rings. The number of nitrogens with zero attached hydrogens (tertiary/aromatic N) is 1. The van der Waals surface area contributed by atoms with Crippen LogP contribution in [0.4, 0.5) is 0 Å². The quantitative estimate of drug-likeness (QED) is 0.0980. The van der Waals surface area contributed by atoms with E-state index < -0.39 is 15.9 Å². The topological polar surface area (TPSA) is 142 Å². The summed E-state index contributed by atoms with van der Waals surface area (Å²) in [4.78, 5) is 32.5. The molecule has 0 radical (unpaired) electrons. The Morgan fingerprint density at radius 2 is 1.78 bits per heavy atom. The minimum absolute atomic E-state index is 0.0529. The second-order valence-electron chi connectivity index (χ2n) is 17.0. The molecular weight excluding hydrogens is 798 g/mol. The third-order valence-electron chi connectivity index (χ3n) is 12.0. The molecule has 11 nitrogen and oxygen atoms in total. The SMILES string of the molecule is CC1(C)CCC(CN2CCNC(c3ccc(C(=O)NS(=O)(=O)c4cccc(C(=O)NCC5CCOCC5)c4)c(Oc4ccc5[nH]ccc5c4)c3)C2)=C(c2ccc(Cl)cc2)C1. The van der Waals surface area contributed by atoms with E-state index in [2.05, 4.69) is 51.2 Å². The summed E-state index contributed by atoms with van der Waals surface area (Å²) in [6.07, 6.45) is 6.71. The standard InChI is InChI=1S/C47H52ClN5O6S/c1-47(2)18-14-36(41(27-47)32-6-9-37(48)10-7-32)29-53-21-20-50-43(30-53)33-8-12-40(44(26-33)59-38-11-13-42-34(24-38)15-19-49-42)46(55)52-60(56,57)39-5-3-4-35(25-39)45(54)51-28-31-16-22-58-23-17-31/h3-13,15,19,24-26,31,43,49-50H,14,16-18,20-23,27-30H2,1-2H3,(H,51,54)(H,52,55). The molecule has 1 aromatic heterocycles. The number of amides is 2. The highest BCUT2D eigenvalue weighted by atomic mass is 35.5. The highest BCUT2D eigenvalue weighted by molar-refractivity contribution is 7.90. The van der Waals surface area contributed by atoms with Crippen LogP contribution in [0.1, 0.15) is 83.8 Å². The van der Waals surface area contributed by atoms with Crippen molar-refractivity contribution in [2.24, 2.45) is 11.3 Å². The van der Waals surface area contributed by atoms with Crippen molar-refractivity contribution in [2.45, 2.75) is 56.9 Å². The number of hydrogen-bond donors (Lipinski definition) is 4. The monoisotopic (exact) mass is 849 g/mol. The number of nitrogens with one attached hydrogen (secondary N) is 4. The van der Waals surface area contributed by atoms with E-state index in [0.717, 1.165) is 79.8 Å². The zero-order valence-corrected chi connectivity index (χ0v) is 35.6. The summed E-state index contributed by atoms with van der Waals surface area (Å²) >= 11 is 6.27. The number of hydrogen-bond acceptors (Lipinski definition) is 8. The summed E-state index contributed by atoms with van der Waals surface area (Å²) in [5, 5.41) is 8.23. The predicted molar refractivity (Wildman–Crippen MR) is 235 cm³/mol. The zero-order valence-electron chi connectivity index (χ0n) is 34.1.